The van der Waals surface area contributed by atoms with Crippen molar-refractivity contribution in [2.75, 3.05) is 26.7 Å². The van der Waals surface area contributed by atoms with Crippen molar-refractivity contribution in [3.05, 3.63) is 71.8 Å². The maximum Gasteiger partial charge on any atom is 0.246 e. The molecule has 1 aromatic carbocycles. The van der Waals surface area contributed by atoms with Crippen LogP contribution in [0.25, 0.3) is 6.08 Å². The van der Waals surface area contributed by atoms with E-state index in [0.29, 0.717) is 5.56 Å². The molecular formula is C22H26FN3O. The van der Waals surface area contributed by atoms with Crippen molar-refractivity contribution >= 4 is 12.0 Å². The van der Waals surface area contributed by atoms with E-state index in [1.807, 2.05) is 30.3 Å². The molecule has 0 unspecified atom stereocenters. The summed E-state index contributed by atoms with van der Waals surface area (Å²) in [6, 6.07) is 12.5. The first-order chi connectivity index (χ1) is 13.1. The zero-order valence-corrected chi connectivity index (χ0v) is 15.7. The fourth-order valence-corrected chi connectivity index (χ4v) is 3.42. The van der Waals surface area contributed by atoms with Gasteiger partial charge in [0.15, 0.2) is 0 Å². The number of likely N-dealkylation sites (N-methyl/N-ethyl adjacent to an activating group) is 1. The lowest BCUT2D eigenvalue weighted by Crippen LogP contribution is -2.45. The average Bonchev–Trinajstić information content (AvgIpc) is 2.71. The first-order valence-electron chi connectivity index (χ1n) is 9.44. The number of benzene rings is 1. The topological polar surface area (TPSA) is 36.4 Å². The van der Waals surface area contributed by atoms with Crippen LogP contribution in [0.1, 0.15) is 24.1 Å². The summed E-state index contributed by atoms with van der Waals surface area (Å²) in [5.41, 5.74) is 1.82. The predicted octanol–water partition coefficient (Wildman–Crippen LogP) is 3.40. The van der Waals surface area contributed by atoms with Gasteiger partial charge in [-0.25, -0.2) is 4.39 Å². The molecule has 1 aliphatic heterocycles. The van der Waals surface area contributed by atoms with Gasteiger partial charge in [-0.3, -0.25) is 9.78 Å². The molecule has 1 saturated heterocycles. The van der Waals surface area contributed by atoms with Gasteiger partial charge >= 0.3 is 0 Å². The summed E-state index contributed by atoms with van der Waals surface area (Å²) in [4.78, 5) is 21.0. The molecule has 0 spiro atoms. The highest BCUT2D eigenvalue weighted by Gasteiger charge is 2.24. The molecule has 1 fully saturated rings. The molecule has 2 aromatic rings. The fourth-order valence-electron chi connectivity index (χ4n) is 3.42. The van der Waals surface area contributed by atoms with Gasteiger partial charge in [-0.15, -0.1) is 0 Å². The van der Waals surface area contributed by atoms with Gasteiger partial charge in [0.05, 0.1) is 0 Å². The summed E-state index contributed by atoms with van der Waals surface area (Å²) in [7, 11) is 1.85. The Morgan fingerprint density at radius 3 is 2.78 bits per heavy atom. The van der Waals surface area contributed by atoms with Crippen molar-refractivity contribution in [3.8, 4) is 0 Å². The summed E-state index contributed by atoms with van der Waals surface area (Å²) in [5.74, 6) is -0.331. The third kappa shape index (κ3) is 5.73. The summed E-state index contributed by atoms with van der Waals surface area (Å²) in [6.07, 6.45) is 7.93. The Kier molecular flexibility index (Phi) is 6.71. The summed E-state index contributed by atoms with van der Waals surface area (Å²) < 4.78 is 13.2. The molecular weight excluding hydrogens is 341 g/mol. The lowest BCUT2D eigenvalue weighted by Gasteiger charge is -2.36. The maximum atomic E-state index is 13.2. The zero-order chi connectivity index (χ0) is 19.1. The second kappa shape index (κ2) is 9.42. The van der Waals surface area contributed by atoms with Crippen LogP contribution in [-0.4, -0.2) is 53.4 Å². The normalized spacial score (nSPS) is 15.9. The monoisotopic (exact) mass is 367 g/mol. The molecule has 5 heteroatoms. The third-order valence-electron chi connectivity index (χ3n) is 5.13. The van der Waals surface area contributed by atoms with Crippen LogP contribution in [0.15, 0.2) is 54.7 Å². The van der Waals surface area contributed by atoms with Crippen molar-refractivity contribution in [2.45, 2.75) is 25.3 Å². The van der Waals surface area contributed by atoms with E-state index in [2.05, 4.69) is 16.0 Å². The minimum atomic E-state index is -0.295. The Morgan fingerprint density at radius 1 is 1.26 bits per heavy atom. The predicted molar refractivity (Wildman–Crippen MR) is 106 cm³/mol. The van der Waals surface area contributed by atoms with Gasteiger partial charge in [0.25, 0.3) is 0 Å². The number of carbonyl (C=O) groups excluding carboxylic acids is 1. The second-order valence-electron chi connectivity index (χ2n) is 6.98. The molecule has 0 aliphatic carbocycles. The molecule has 1 aliphatic rings. The standard InChI is InChI=1S/C22H26FN3O/c1-25(22(27)9-8-18-5-4-6-19(23)17-18)21-11-15-26(16-12-21)14-10-20-7-2-3-13-24-20/h2-9,13,17,21H,10-12,14-16H2,1H3. The number of nitrogens with zero attached hydrogens (tertiary/aromatic N) is 3. The van der Waals surface area contributed by atoms with E-state index in [1.54, 1.807) is 18.2 Å². The number of carbonyl (C=O) groups is 1. The van der Waals surface area contributed by atoms with E-state index in [4.69, 9.17) is 0 Å². The second-order valence-corrected chi connectivity index (χ2v) is 6.98. The molecule has 0 radical (unpaired) electrons. The summed E-state index contributed by atoms with van der Waals surface area (Å²) >= 11 is 0. The van der Waals surface area contributed by atoms with Crippen molar-refractivity contribution in [2.24, 2.45) is 0 Å². The van der Waals surface area contributed by atoms with Crippen molar-refractivity contribution < 1.29 is 9.18 Å². The number of halogens is 1. The van der Waals surface area contributed by atoms with Crippen LogP contribution in [0.5, 0.6) is 0 Å². The van der Waals surface area contributed by atoms with E-state index in [9.17, 15) is 9.18 Å². The number of pyridine rings is 1. The zero-order valence-electron chi connectivity index (χ0n) is 15.7. The minimum absolute atomic E-state index is 0.0359. The SMILES string of the molecule is CN(C(=O)C=Cc1cccc(F)c1)C1CCN(CCc2ccccn2)CC1. The smallest absolute Gasteiger partial charge is 0.246 e. The van der Waals surface area contributed by atoms with Crippen molar-refractivity contribution in [3.63, 3.8) is 0 Å². The third-order valence-corrected chi connectivity index (χ3v) is 5.13. The molecule has 3 rings (SSSR count). The van der Waals surface area contributed by atoms with Crippen LogP contribution in [-0.2, 0) is 11.2 Å². The lowest BCUT2D eigenvalue weighted by atomic mass is 10.0. The largest absolute Gasteiger partial charge is 0.339 e. The van der Waals surface area contributed by atoms with Crippen LogP contribution in [0.2, 0.25) is 0 Å². The fraction of sp³-hybridized carbons (Fsp3) is 0.364. The van der Waals surface area contributed by atoms with Gasteiger partial charge < -0.3 is 9.80 Å². The Bertz CT molecular complexity index is 770. The highest BCUT2D eigenvalue weighted by atomic mass is 19.1. The lowest BCUT2D eigenvalue weighted by molar-refractivity contribution is -0.127. The number of likely N-dealkylation sites (tertiary alicyclic amines) is 1. The Balaban J connectivity index is 1.45. The first kappa shape index (κ1) is 19.2. The highest BCUT2D eigenvalue weighted by molar-refractivity contribution is 5.91. The molecule has 27 heavy (non-hydrogen) atoms. The maximum absolute atomic E-state index is 13.2. The van der Waals surface area contributed by atoms with Gasteiger partial charge in [0.1, 0.15) is 5.82 Å². The van der Waals surface area contributed by atoms with Crippen LogP contribution < -0.4 is 0 Å². The van der Waals surface area contributed by atoms with Gasteiger partial charge in [-0.1, -0.05) is 18.2 Å². The van der Waals surface area contributed by atoms with Crippen LogP contribution in [0.4, 0.5) is 4.39 Å². The van der Waals surface area contributed by atoms with Crippen LogP contribution in [0.3, 0.4) is 0 Å². The molecule has 0 saturated carbocycles. The summed E-state index contributed by atoms with van der Waals surface area (Å²) in [6.45, 7) is 2.98. The Labute approximate surface area is 160 Å². The first-order valence-corrected chi connectivity index (χ1v) is 9.44. The number of rotatable bonds is 6. The Hall–Kier alpha value is -2.53. The average molecular weight is 367 g/mol. The highest BCUT2D eigenvalue weighted by Crippen LogP contribution is 2.16. The van der Waals surface area contributed by atoms with E-state index in [0.717, 1.165) is 44.6 Å². The van der Waals surface area contributed by atoms with E-state index < -0.39 is 0 Å². The number of amides is 1. The van der Waals surface area contributed by atoms with Gasteiger partial charge in [-0.05, 0) is 48.7 Å². The number of hydrogen-bond donors (Lipinski definition) is 0. The number of piperidine rings is 1. The van der Waals surface area contributed by atoms with Gasteiger partial charge in [-0.2, -0.15) is 0 Å². The van der Waals surface area contributed by atoms with Gasteiger partial charge in [0, 0.05) is 57.1 Å². The van der Waals surface area contributed by atoms with Crippen molar-refractivity contribution in [1.29, 1.82) is 0 Å². The van der Waals surface area contributed by atoms with Crippen LogP contribution >= 0.6 is 0 Å². The molecule has 0 bridgehead atoms. The molecule has 0 atom stereocenters. The van der Waals surface area contributed by atoms with E-state index in [1.165, 1.54) is 18.2 Å². The molecule has 1 aromatic heterocycles. The Morgan fingerprint density at radius 2 is 2.07 bits per heavy atom. The molecule has 2 heterocycles. The van der Waals surface area contributed by atoms with Crippen LogP contribution in [0, 0.1) is 5.82 Å². The minimum Gasteiger partial charge on any atom is -0.339 e. The number of hydrogen-bond acceptors (Lipinski definition) is 3. The summed E-state index contributed by atoms with van der Waals surface area (Å²) in [5, 5.41) is 0. The molecule has 0 N–H and O–H groups in total. The van der Waals surface area contributed by atoms with Gasteiger partial charge in [0.2, 0.25) is 5.91 Å². The van der Waals surface area contributed by atoms with Crippen molar-refractivity contribution in [1.82, 2.24) is 14.8 Å². The van der Waals surface area contributed by atoms with E-state index in [-0.39, 0.29) is 17.8 Å². The molecule has 1 amide bonds. The number of aromatic nitrogens is 1. The molecule has 142 valence electrons. The van der Waals surface area contributed by atoms with E-state index >= 15 is 0 Å². The quantitative estimate of drug-likeness (QED) is 0.734. The molecule has 4 nitrogen and oxygen atoms in total.